The van der Waals surface area contributed by atoms with Gasteiger partial charge in [0.25, 0.3) is 5.91 Å². The summed E-state index contributed by atoms with van der Waals surface area (Å²) in [6.45, 7) is 1.67. The maximum absolute atomic E-state index is 12.2. The molecule has 0 radical (unpaired) electrons. The number of para-hydroxylation sites is 1. The molecule has 1 saturated carbocycles. The number of carboxylic acid groups (broad SMARTS) is 1. The molecule has 5 heteroatoms. The van der Waals surface area contributed by atoms with E-state index in [9.17, 15) is 19.8 Å². The molecule has 20 heavy (non-hydrogen) atoms. The van der Waals surface area contributed by atoms with E-state index in [2.05, 4.69) is 5.32 Å². The van der Waals surface area contributed by atoms with E-state index in [0.717, 1.165) is 12.8 Å². The molecule has 2 rings (SSSR count). The number of phenolic OH excluding ortho intramolecular Hbond substituents is 1. The number of hydrogen-bond acceptors (Lipinski definition) is 3. The van der Waals surface area contributed by atoms with Crippen LogP contribution in [0.25, 0.3) is 0 Å². The Hall–Kier alpha value is -2.04. The summed E-state index contributed by atoms with van der Waals surface area (Å²) in [5.41, 5.74) is -0.774. The zero-order chi connectivity index (χ0) is 14.8. The van der Waals surface area contributed by atoms with Crippen molar-refractivity contribution in [3.05, 3.63) is 29.8 Å². The standard InChI is InChI=1S/C15H19NO4/c1-15(14(19)20)9-5-4-8-12(15)16-13(18)10-6-2-3-7-11(10)17/h2-3,6-7,12,17H,4-5,8-9H2,1H3,(H,16,18)(H,19,20). The van der Waals surface area contributed by atoms with Crippen molar-refractivity contribution in [2.75, 3.05) is 0 Å². The molecule has 1 amide bonds. The van der Waals surface area contributed by atoms with Crippen LogP contribution >= 0.6 is 0 Å². The van der Waals surface area contributed by atoms with E-state index < -0.39 is 23.3 Å². The van der Waals surface area contributed by atoms with Gasteiger partial charge in [-0.15, -0.1) is 0 Å². The quantitative estimate of drug-likeness (QED) is 0.790. The number of carbonyl (C=O) groups is 2. The number of carbonyl (C=O) groups excluding carboxylic acids is 1. The fourth-order valence-corrected chi connectivity index (χ4v) is 2.72. The minimum absolute atomic E-state index is 0.0992. The summed E-state index contributed by atoms with van der Waals surface area (Å²) >= 11 is 0. The molecule has 3 N–H and O–H groups in total. The van der Waals surface area contributed by atoms with Crippen molar-refractivity contribution < 1.29 is 19.8 Å². The molecule has 5 nitrogen and oxygen atoms in total. The lowest BCUT2D eigenvalue weighted by atomic mass is 9.71. The molecule has 0 heterocycles. The average molecular weight is 277 g/mol. The Labute approximate surface area is 117 Å². The normalized spacial score (nSPS) is 25.9. The van der Waals surface area contributed by atoms with Gasteiger partial charge in [-0.2, -0.15) is 0 Å². The monoisotopic (exact) mass is 277 g/mol. The van der Waals surface area contributed by atoms with Crippen LogP contribution in [0.1, 0.15) is 43.0 Å². The highest BCUT2D eigenvalue weighted by molar-refractivity contribution is 5.97. The van der Waals surface area contributed by atoms with Crippen LogP contribution < -0.4 is 5.32 Å². The maximum atomic E-state index is 12.2. The van der Waals surface area contributed by atoms with E-state index in [1.54, 1.807) is 19.1 Å². The molecule has 1 fully saturated rings. The molecular formula is C15H19NO4. The van der Waals surface area contributed by atoms with Crippen molar-refractivity contribution in [2.45, 2.75) is 38.6 Å². The van der Waals surface area contributed by atoms with Gasteiger partial charge in [-0.1, -0.05) is 25.0 Å². The molecule has 1 aromatic rings. The van der Waals surface area contributed by atoms with Crippen molar-refractivity contribution in [1.82, 2.24) is 5.32 Å². The van der Waals surface area contributed by atoms with Gasteiger partial charge in [0, 0.05) is 6.04 Å². The van der Waals surface area contributed by atoms with Crippen molar-refractivity contribution in [3.63, 3.8) is 0 Å². The van der Waals surface area contributed by atoms with Gasteiger partial charge in [0.05, 0.1) is 11.0 Å². The van der Waals surface area contributed by atoms with Crippen LogP contribution in [-0.2, 0) is 4.79 Å². The second-order valence-electron chi connectivity index (χ2n) is 5.51. The third-order valence-electron chi connectivity index (χ3n) is 4.15. The van der Waals surface area contributed by atoms with Crippen LogP contribution in [0.2, 0.25) is 0 Å². The van der Waals surface area contributed by atoms with Crippen molar-refractivity contribution in [3.8, 4) is 5.75 Å². The Morgan fingerprint density at radius 3 is 2.65 bits per heavy atom. The molecule has 2 atom stereocenters. The predicted molar refractivity (Wildman–Crippen MR) is 73.6 cm³/mol. The Morgan fingerprint density at radius 1 is 1.30 bits per heavy atom. The second-order valence-corrected chi connectivity index (χ2v) is 5.51. The summed E-state index contributed by atoms with van der Waals surface area (Å²) < 4.78 is 0. The maximum Gasteiger partial charge on any atom is 0.311 e. The summed E-state index contributed by atoms with van der Waals surface area (Å²) in [5, 5.41) is 21.8. The fraction of sp³-hybridized carbons (Fsp3) is 0.467. The first-order valence-electron chi connectivity index (χ1n) is 6.77. The summed E-state index contributed by atoms with van der Waals surface area (Å²) in [6.07, 6.45) is 2.94. The minimum Gasteiger partial charge on any atom is -0.507 e. The number of amides is 1. The summed E-state index contributed by atoms with van der Waals surface area (Å²) in [6, 6.07) is 5.83. The van der Waals surface area contributed by atoms with Crippen LogP contribution in [0.15, 0.2) is 24.3 Å². The third-order valence-corrected chi connectivity index (χ3v) is 4.15. The van der Waals surface area contributed by atoms with Gasteiger partial charge in [0.15, 0.2) is 0 Å². The number of benzene rings is 1. The average Bonchev–Trinajstić information content (AvgIpc) is 2.41. The van der Waals surface area contributed by atoms with E-state index in [1.165, 1.54) is 12.1 Å². The lowest BCUT2D eigenvalue weighted by molar-refractivity contribution is -0.151. The van der Waals surface area contributed by atoms with E-state index in [1.807, 2.05) is 0 Å². The zero-order valence-electron chi connectivity index (χ0n) is 11.4. The number of rotatable bonds is 3. The molecule has 2 unspecified atom stereocenters. The van der Waals surface area contributed by atoms with Crippen LogP contribution in [-0.4, -0.2) is 28.1 Å². The van der Waals surface area contributed by atoms with E-state index in [4.69, 9.17) is 0 Å². The van der Waals surface area contributed by atoms with Gasteiger partial charge in [-0.05, 0) is 31.9 Å². The minimum atomic E-state index is -0.946. The van der Waals surface area contributed by atoms with Crippen molar-refractivity contribution in [2.24, 2.45) is 5.41 Å². The zero-order valence-corrected chi connectivity index (χ0v) is 11.4. The number of nitrogens with one attached hydrogen (secondary N) is 1. The Kier molecular flexibility index (Phi) is 3.97. The molecule has 0 aromatic heterocycles. The third kappa shape index (κ3) is 2.61. The highest BCUT2D eigenvalue weighted by Crippen LogP contribution is 2.36. The molecule has 1 aromatic carbocycles. The largest absolute Gasteiger partial charge is 0.507 e. The number of aliphatic carboxylic acids is 1. The molecule has 0 aliphatic heterocycles. The molecular weight excluding hydrogens is 258 g/mol. The number of hydrogen-bond donors (Lipinski definition) is 3. The summed E-state index contributed by atoms with van der Waals surface area (Å²) in [4.78, 5) is 23.7. The molecule has 0 saturated heterocycles. The first-order chi connectivity index (χ1) is 9.45. The van der Waals surface area contributed by atoms with Crippen LogP contribution in [0.3, 0.4) is 0 Å². The molecule has 1 aliphatic carbocycles. The first kappa shape index (κ1) is 14.4. The fourth-order valence-electron chi connectivity index (χ4n) is 2.72. The molecule has 0 spiro atoms. The molecule has 0 bridgehead atoms. The van der Waals surface area contributed by atoms with E-state index >= 15 is 0 Å². The number of carboxylic acids is 1. The molecule has 108 valence electrons. The smallest absolute Gasteiger partial charge is 0.311 e. The van der Waals surface area contributed by atoms with Gasteiger partial charge in [0.2, 0.25) is 0 Å². The number of aromatic hydroxyl groups is 1. The predicted octanol–water partition coefficient (Wildman–Crippen LogP) is 2.16. The topological polar surface area (TPSA) is 86.6 Å². The van der Waals surface area contributed by atoms with Gasteiger partial charge < -0.3 is 15.5 Å². The number of phenols is 1. The second kappa shape index (κ2) is 5.53. The van der Waals surface area contributed by atoms with Gasteiger partial charge in [-0.25, -0.2) is 0 Å². The van der Waals surface area contributed by atoms with Gasteiger partial charge in [-0.3, -0.25) is 9.59 Å². The highest BCUT2D eigenvalue weighted by atomic mass is 16.4. The summed E-state index contributed by atoms with van der Waals surface area (Å²) in [5.74, 6) is -1.42. The Balaban J connectivity index is 2.18. The summed E-state index contributed by atoms with van der Waals surface area (Å²) in [7, 11) is 0. The Morgan fingerprint density at radius 2 is 2.00 bits per heavy atom. The van der Waals surface area contributed by atoms with Gasteiger partial charge >= 0.3 is 5.97 Å². The molecule has 1 aliphatic rings. The van der Waals surface area contributed by atoms with Crippen LogP contribution in [0.4, 0.5) is 0 Å². The van der Waals surface area contributed by atoms with Crippen LogP contribution in [0, 0.1) is 5.41 Å². The SMILES string of the molecule is CC1(C(=O)O)CCCCC1NC(=O)c1ccccc1O. The van der Waals surface area contributed by atoms with Gasteiger partial charge in [0.1, 0.15) is 5.75 Å². The van der Waals surface area contributed by atoms with E-state index in [-0.39, 0.29) is 11.3 Å². The highest BCUT2D eigenvalue weighted by Gasteiger charge is 2.44. The lowest BCUT2D eigenvalue weighted by Gasteiger charge is -2.38. The lowest BCUT2D eigenvalue weighted by Crippen LogP contribution is -2.52. The van der Waals surface area contributed by atoms with Crippen LogP contribution in [0.5, 0.6) is 5.75 Å². The van der Waals surface area contributed by atoms with Crippen molar-refractivity contribution in [1.29, 1.82) is 0 Å². The first-order valence-corrected chi connectivity index (χ1v) is 6.77. The Bertz CT molecular complexity index is 528. The van der Waals surface area contributed by atoms with Crippen molar-refractivity contribution >= 4 is 11.9 Å². The van der Waals surface area contributed by atoms with E-state index in [0.29, 0.717) is 12.8 Å².